The molecule has 0 heterocycles. The first-order valence-corrected chi connectivity index (χ1v) is 5.21. The van der Waals surface area contributed by atoms with E-state index >= 15 is 0 Å². The molecular formula is C11H12FN3O4. The molecule has 5 N–H and O–H groups in total. The largest absolute Gasteiger partial charge is 0.478 e. The van der Waals surface area contributed by atoms with E-state index < -0.39 is 35.3 Å². The highest BCUT2D eigenvalue weighted by Gasteiger charge is 2.18. The van der Waals surface area contributed by atoms with Gasteiger partial charge in [-0.2, -0.15) is 0 Å². The van der Waals surface area contributed by atoms with E-state index in [2.05, 4.69) is 10.6 Å². The molecule has 0 radical (unpaired) electrons. The van der Waals surface area contributed by atoms with Gasteiger partial charge in [-0.15, -0.1) is 0 Å². The highest BCUT2D eigenvalue weighted by Crippen LogP contribution is 2.18. The molecule has 1 atom stereocenters. The predicted octanol–water partition coefficient (Wildman–Crippen LogP) is 0.519. The molecule has 3 amide bonds. The van der Waals surface area contributed by atoms with E-state index in [4.69, 9.17) is 10.8 Å². The Labute approximate surface area is 107 Å². The minimum Gasteiger partial charge on any atom is -0.478 e. The van der Waals surface area contributed by atoms with Gasteiger partial charge < -0.3 is 21.5 Å². The smallest absolute Gasteiger partial charge is 0.340 e. The number of carboxylic acid groups (broad SMARTS) is 1. The Morgan fingerprint density at radius 3 is 2.53 bits per heavy atom. The first kappa shape index (κ1) is 14.4. The molecule has 1 aromatic carbocycles. The van der Waals surface area contributed by atoms with Crippen LogP contribution in [0.2, 0.25) is 0 Å². The molecule has 19 heavy (non-hydrogen) atoms. The fourth-order valence-electron chi connectivity index (χ4n) is 1.27. The average Bonchev–Trinajstić information content (AvgIpc) is 2.27. The number of halogens is 1. The fourth-order valence-corrected chi connectivity index (χ4v) is 1.27. The normalized spacial score (nSPS) is 11.5. The maximum Gasteiger partial charge on any atom is 0.340 e. The molecule has 0 aliphatic heterocycles. The Hall–Kier alpha value is -2.64. The number of nitrogens with one attached hydrogen (secondary N) is 2. The number of aromatic carboxylic acids is 1. The number of hydrogen-bond donors (Lipinski definition) is 4. The summed E-state index contributed by atoms with van der Waals surface area (Å²) in [4.78, 5) is 33.1. The van der Waals surface area contributed by atoms with Crippen LogP contribution in [-0.4, -0.2) is 29.1 Å². The van der Waals surface area contributed by atoms with Gasteiger partial charge in [-0.1, -0.05) is 6.07 Å². The molecule has 0 saturated heterocycles. The van der Waals surface area contributed by atoms with Crippen LogP contribution in [0.15, 0.2) is 18.2 Å². The Morgan fingerprint density at radius 1 is 1.37 bits per heavy atom. The van der Waals surface area contributed by atoms with Crippen molar-refractivity contribution >= 4 is 23.6 Å². The summed E-state index contributed by atoms with van der Waals surface area (Å²) in [5.74, 6) is -3.25. The van der Waals surface area contributed by atoms with Gasteiger partial charge in [0.2, 0.25) is 5.91 Å². The van der Waals surface area contributed by atoms with Crippen LogP contribution in [0.4, 0.5) is 14.9 Å². The van der Waals surface area contributed by atoms with Gasteiger partial charge in [0, 0.05) is 0 Å². The van der Waals surface area contributed by atoms with Crippen molar-refractivity contribution in [3.8, 4) is 0 Å². The zero-order chi connectivity index (χ0) is 14.6. The van der Waals surface area contributed by atoms with E-state index in [-0.39, 0.29) is 5.69 Å². The van der Waals surface area contributed by atoms with E-state index in [0.29, 0.717) is 0 Å². The number of carbonyl (C=O) groups excluding carboxylic acids is 2. The summed E-state index contributed by atoms with van der Waals surface area (Å²) >= 11 is 0. The molecule has 0 spiro atoms. The molecule has 0 bridgehead atoms. The van der Waals surface area contributed by atoms with E-state index in [0.717, 1.165) is 6.07 Å². The predicted molar refractivity (Wildman–Crippen MR) is 64.2 cm³/mol. The van der Waals surface area contributed by atoms with Crippen LogP contribution in [-0.2, 0) is 4.79 Å². The van der Waals surface area contributed by atoms with E-state index in [1.165, 1.54) is 19.1 Å². The topological polar surface area (TPSA) is 122 Å². The molecule has 7 nitrogen and oxygen atoms in total. The Kier molecular flexibility index (Phi) is 4.41. The van der Waals surface area contributed by atoms with Crippen molar-refractivity contribution in [1.29, 1.82) is 0 Å². The second-order valence-electron chi connectivity index (χ2n) is 3.69. The van der Waals surface area contributed by atoms with Gasteiger partial charge in [-0.05, 0) is 19.1 Å². The number of nitrogens with two attached hydrogens (primary N) is 1. The molecule has 0 aliphatic carbocycles. The van der Waals surface area contributed by atoms with Crippen molar-refractivity contribution in [2.45, 2.75) is 13.0 Å². The Balaban J connectivity index is 2.88. The number of benzene rings is 1. The van der Waals surface area contributed by atoms with Crippen LogP contribution >= 0.6 is 0 Å². The van der Waals surface area contributed by atoms with Crippen molar-refractivity contribution in [3.63, 3.8) is 0 Å². The van der Waals surface area contributed by atoms with Crippen molar-refractivity contribution in [2.75, 3.05) is 5.32 Å². The summed E-state index contributed by atoms with van der Waals surface area (Å²) in [6.07, 6.45) is 0. The summed E-state index contributed by atoms with van der Waals surface area (Å²) < 4.78 is 13.3. The quantitative estimate of drug-likeness (QED) is 0.636. The summed E-state index contributed by atoms with van der Waals surface area (Å²) in [6, 6.07) is 1.62. The third-order valence-electron chi connectivity index (χ3n) is 2.25. The Bertz CT molecular complexity index is 533. The van der Waals surface area contributed by atoms with E-state index in [1.54, 1.807) is 0 Å². The average molecular weight is 269 g/mol. The number of urea groups is 1. The molecule has 102 valence electrons. The zero-order valence-corrected chi connectivity index (χ0v) is 9.94. The SMILES string of the molecule is CC(NC(=O)Nc1cccc(F)c1C(=O)O)C(N)=O. The molecule has 0 saturated carbocycles. The molecular weight excluding hydrogens is 257 g/mol. The minimum absolute atomic E-state index is 0.221. The summed E-state index contributed by atoms with van der Waals surface area (Å²) in [6.45, 7) is 1.35. The standard InChI is InChI=1S/C11H12FN3O4/c1-5(9(13)16)14-11(19)15-7-4-2-3-6(12)8(7)10(17)18/h2-5H,1H3,(H2,13,16)(H,17,18)(H2,14,15,19). The number of hydrogen-bond acceptors (Lipinski definition) is 3. The lowest BCUT2D eigenvalue weighted by molar-refractivity contribution is -0.119. The first-order valence-electron chi connectivity index (χ1n) is 5.21. The second kappa shape index (κ2) is 5.80. The van der Waals surface area contributed by atoms with Crippen LogP contribution < -0.4 is 16.4 Å². The van der Waals surface area contributed by atoms with Gasteiger partial charge >= 0.3 is 12.0 Å². The fraction of sp³-hybridized carbons (Fsp3) is 0.182. The van der Waals surface area contributed by atoms with Crippen molar-refractivity contribution < 1.29 is 23.9 Å². The number of anilines is 1. The number of amides is 3. The van der Waals surface area contributed by atoms with Crippen LogP contribution in [0.1, 0.15) is 17.3 Å². The van der Waals surface area contributed by atoms with Crippen molar-refractivity contribution in [3.05, 3.63) is 29.6 Å². The molecule has 1 aromatic rings. The maximum absolute atomic E-state index is 13.3. The summed E-state index contributed by atoms with van der Waals surface area (Å²) in [5.41, 5.74) is 4.06. The first-order chi connectivity index (χ1) is 8.82. The van der Waals surface area contributed by atoms with Crippen molar-refractivity contribution in [2.24, 2.45) is 5.73 Å². The monoisotopic (exact) mass is 269 g/mol. The van der Waals surface area contributed by atoms with Gasteiger partial charge in [-0.25, -0.2) is 14.0 Å². The molecule has 0 fully saturated rings. The number of rotatable bonds is 4. The maximum atomic E-state index is 13.3. The van der Waals surface area contributed by atoms with Gasteiger partial charge in [0.15, 0.2) is 0 Å². The second-order valence-corrected chi connectivity index (χ2v) is 3.69. The lowest BCUT2D eigenvalue weighted by atomic mass is 10.1. The lowest BCUT2D eigenvalue weighted by Crippen LogP contribution is -2.44. The summed E-state index contributed by atoms with van der Waals surface area (Å²) in [5, 5.41) is 13.2. The van der Waals surface area contributed by atoms with Gasteiger partial charge in [0.25, 0.3) is 0 Å². The van der Waals surface area contributed by atoms with Gasteiger partial charge in [0.05, 0.1) is 5.69 Å². The lowest BCUT2D eigenvalue weighted by Gasteiger charge is -2.13. The molecule has 1 unspecified atom stereocenters. The number of carboxylic acids is 1. The third kappa shape index (κ3) is 3.66. The zero-order valence-electron chi connectivity index (χ0n) is 9.94. The van der Waals surface area contributed by atoms with Gasteiger partial charge in [0.1, 0.15) is 17.4 Å². The van der Waals surface area contributed by atoms with Crippen LogP contribution in [0.5, 0.6) is 0 Å². The van der Waals surface area contributed by atoms with E-state index in [1.807, 2.05) is 0 Å². The van der Waals surface area contributed by atoms with Crippen LogP contribution in [0.3, 0.4) is 0 Å². The minimum atomic E-state index is -1.52. The number of carbonyl (C=O) groups is 3. The highest BCUT2D eigenvalue weighted by atomic mass is 19.1. The van der Waals surface area contributed by atoms with Gasteiger partial charge in [-0.3, -0.25) is 4.79 Å². The Morgan fingerprint density at radius 2 is 2.00 bits per heavy atom. The molecule has 0 aliphatic rings. The third-order valence-corrected chi connectivity index (χ3v) is 2.25. The van der Waals surface area contributed by atoms with Crippen LogP contribution in [0.25, 0.3) is 0 Å². The molecule has 0 aromatic heterocycles. The molecule has 8 heteroatoms. The van der Waals surface area contributed by atoms with E-state index in [9.17, 15) is 18.8 Å². The van der Waals surface area contributed by atoms with Crippen molar-refractivity contribution in [1.82, 2.24) is 5.32 Å². The number of primary amides is 1. The molecule has 1 rings (SSSR count). The highest BCUT2D eigenvalue weighted by molar-refractivity contribution is 6.01. The van der Waals surface area contributed by atoms with Crippen LogP contribution in [0, 0.1) is 5.82 Å². The summed E-state index contributed by atoms with van der Waals surface area (Å²) in [7, 11) is 0.